The second-order valence-corrected chi connectivity index (χ2v) is 9.10. The van der Waals surface area contributed by atoms with Crippen molar-refractivity contribution < 1.29 is 17.7 Å². The van der Waals surface area contributed by atoms with Crippen LogP contribution in [0.1, 0.15) is 23.2 Å². The van der Waals surface area contributed by atoms with Crippen LogP contribution < -0.4 is 4.90 Å². The van der Waals surface area contributed by atoms with Gasteiger partial charge in [0.2, 0.25) is 21.7 Å². The summed E-state index contributed by atoms with van der Waals surface area (Å²) in [5.41, 5.74) is 2.24. The number of hydrogen-bond donors (Lipinski definition) is 0. The molecule has 9 heteroatoms. The van der Waals surface area contributed by atoms with Gasteiger partial charge < -0.3 is 9.42 Å². The van der Waals surface area contributed by atoms with E-state index in [0.29, 0.717) is 49.0 Å². The number of aryl methyl sites for hydroxylation is 1. The molecule has 156 valence electrons. The lowest BCUT2D eigenvalue weighted by atomic mass is 10.1. The number of sulfonamides is 1. The predicted molar refractivity (Wildman–Crippen MR) is 112 cm³/mol. The Hall–Kier alpha value is -3.04. The van der Waals surface area contributed by atoms with Crippen LogP contribution in [0.3, 0.4) is 0 Å². The Balaban J connectivity index is 1.48. The van der Waals surface area contributed by atoms with Crippen molar-refractivity contribution in [2.45, 2.75) is 18.7 Å². The summed E-state index contributed by atoms with van der Waals surface area (Å²) >= 11 is 0. The highest BCUT2D eigenvalue weighted by Crippen LogP contribution is 2.25. The minimum Gasteiger partial charge on any atom is -0.369 e. The summed E-state index contributed by atoms with van der Waals surface area (Å²) in [6.45, 7) is 5.12. The second-order valence-electron chi connectivity index (χ2n) is 7.16. The van der Waals surface area contributed by atoms with Crippen LogP contribution in [0.5, 0.6) is 0 Å². The molecular weight excluding hydrogens is 404 g/mol. The highest BCUT2D eigenvalue weighted by molar-refractivity contribution is 7.89. The third kappa shape index (κ3) is 3.99. The largest absolute Gasteiger partial charge is 0.369 e. The zero-order valence-electron chi connectivity index (χ0n) is 16.8. The molecule has 1 aliphatic rings. The van der Waals surface area contributed by atoms with Gasteiger partial charge in [0.25, 0.3) is 0 Å². The molecule has 0 amide bonds. The van der Waals surface area contributed by atoms with Crippen LogP contribution in [0.15, 0.2) is 57.9 Å². The number of rotatable bonds is 5. The maximum absolute atomic E-state index is 13.1. The van der Waals surface area contributed by atoms with Gasteiger partial charge >= 0.3 is 0 Å². The minimum atomic E-state index is -3.63. The van der Waals surface area contributed by atoms with E-state index in [1.54, 1.807) is 43.3 Å². The van der Waals surface area contributed by atoms with Crippen molar-refractivity contribution in [2.24, 2.45) is 0 Å². The number of carbonyl (C=O) groups excluding carboxylic acids is 1. The molecule has 0 aliphatic carbocycles. The molecule has 0 N–H and O–H groups in total. The SMILES string of the molecule is CC(=O)c1ccc(N2CCN(S(=O)(=O)c3cccc(-c4noc(C)n4)c3)CC2)cc1. The fraction of sp³-hybridized carbons (Fsp3) is 0.286. The topological polar surface area (TPSA) is 96.6 Å². The highest BCUT2D eigenvalue weighted by atomic mass is 32.2. The van der Waals surface area contributed by atoms with Crippen molar-refractivity contribution in [3.8, 4) is 11.4 Å². The van der Waals surface area contributed by atoms with Crippen molar-refractivity contribution >= 4 is 21.5 Å². The number of nitrogens with zero attached hydrogens (tertiary/aromatic N) is 4. The number of benzene rings is 2. The predicted octanol–water partition coefficient (Wildman–Crippen LogP) is 2.76. The smallest absolute Gasteiger partial charge is 0.243 e. The lowest BCUT2D eigenvalue weighted by molar-refractivity contribution is 0.101. The first-order valence-electron chi connectivity index (χ1n) is 9.61. The second kappa shape index (κ2) is 8.00. The van der Waals surface area contributed by atoms with Crippen LogP contribution >= 0.6 is 0 Å². The van der Waals surface area contributed by atoms with Gasteiger partial charge in [-0.05, 0) is 43.3 Å². The maximum Gasteiger partial charge on any atom is 0.243 e. The number of ketones is 1. The first-order valence-corrected chi connectivity index (χ1v) is 11.1. The number of Topliss-reactive ketones (excluding diaryl/α,β-unsaturated/α-hetero) is 1. The molecule has 1 aliphatic heterocycles. The lowest BCUT2D eigenvalue weighted by Gasteiger charge is -2.35. The van der Waals surface area contributed by atoms with E-state index in [1.807, 2.05) is 12.1 Å². The molecule has 0 unspecified atom stereocenters. The van der Waals surface area contributed by atoms with Gasteiger partial charge in [-0.3, -0.25) is 4.79 Å². The summed E-state index contributed by atoms with van der Waals surface area (Å²) in [6, 6.07) is 14.0. The van der Waals surface area contributed by atoms with E-state index < -0.39 is 10.0 Å². The Labute approximate surface area is 175 Å². The normalized spacial score (nSPS) is 15.3. The summed E-state index contributed by atoms with van der Waals surface area (Å²) in [7, 11) is -3.63. The molecule has 0 saturated carbocycles. The Morgan fingerprint density at radius 2 is 1.73 bits per heavy atom. The van der Waals surface area contributed by atoms with Crippen molar-refractivity contribution in [1.82, 2.24) is 14.4 Å². The molecule has 4 rings (SSSR count). The summed E-state index contributed by atoms with van der Waals surface area (Å²) in [6.07, 6.45) is 0. The molecule has 2 heterocycles. The molecule has 30 heavy (non-hydrogen) atoms. The monoisotopic (exact) mass is 426 g/mol. The molecule has 1 saturated heterocycles. The van der Waals surface area contributed by atoms with Crippen LogP contribution in [0.2, 0.25) is 0 Å². The fourth-order valence-electron chi connectivity index (χ4n) is 3.45. The number of anilines is 1. The Bertz CT molecular complexity index is 1160. The van der Waals surface area contributed by atoms with E-state index in [4.69, 9.17) is 4.52 Å². The molecule has 2 aromatic carbocycles. The minimum absolute atomic E-state index is 0.0238. The van der Waals surface area contributed by atoms with E-state index in [1.165, 1.54) is 11.2 Å². The number of carbonyl (C=O) groups is 1. The van der Waals surface area contributed by atoms with E-state index in [0.717, 1.165) is 5.69 Å². The Kier molecular flexibility index (Phi) is 5.40. The van der Waals surface area contributed by atoms with Gasteiger partial charge in [-0.15, -0.1) is 0 Å². The third-order valence-corrected chi connectivity index (χ3v) is 7.03. The molecule has 8 nitrogen and oxygen atoms in total. The van der Waals surface area contributed by atoms with E-state index in [2.05, 4.69) is 15.0 Å². The number of piperazine rings is 1. The van der Waals surface area contributed by atoms with Crippen molar-refractivity contribution in [3.63, 3.8) is 0 Å². The van der Waals surface area contributed by atoms with Gasteiger partial charge in [-0.1, -0.05) is 17.3 Å². The lowest BCUT2D eigenvalue weighted by Crippen LogP contribution is -2.48. The van der Waals surface area contributed by atoms with Crippen LogP contribution in [0.25, 0.3) is 11.4 Å². The number of aromatic nitrogens is 2. The van der Waals surface area contributed by atoms with Gasteiger partial charge in [0.15, 0.2) is 5.78 Å². The van der Waals surface area contributed by atoms with Crippen molar-refractivity contribution in [1.29, 1.82) is 0 Å². The quantitative estimate of drug-likeness (QED) is 0.579. The van der Waals surface area contributed by atoms with Crippen LogP contribution in [-0.2, 0) is 10.0 Å². The standard InChI is InChI=1S/C21H22N4O4S/c1-15(26)17-6-8-19(9-7-17)24-10-12-25(13-11-24)30(27,28)20-5-3-4-18(14-20)21-22-16(2)29-23-21/h3-9,14H,10-13H2,1-2H3. The maximum atomic E-state index is 13.1. The summed E-state index contributed by atoms with van der Waals surface area (Å²) in [5, 5.41) is 3.86. The van der Waals surface area contributed by atoms with Gasteiger partial charge in [0, 0.05) is 49.9 Å². The van der Waals surface area contributed by atoms with Crippen LogP contribution in [-0.4, -0.2) is 54.8 Å². The van der Waals surface area contributed by atoms with Crippen LogP contribution in [0.4, 0.5) is 5.69 Å². The zero-order chi connectivity index (χ0) is 21.3. The molecule has 0 atom stereocenters. The third-order valence-electron chi connectivity index (χ3n) is 5.14. The molecule has 1 aromatic heterocycles. The van der Waals surface area contributed by atoms with Gasteiger partial charge in [-0.25, -0.2) is 8.42 Å². The average Bonchev–Trinajstić information content (AvgIpc) is 3.20. The van der Waals surface area contributed by atoms with E-state index >= 15 is 0 Å². The molecule has 0 spiro atoms. The first-order chi connectivity index (χ1) is 14.3. The molecule has 1 fully saturated rings. The zero-order valence-corrected chi connectivity index (χ0v) is 17.6. The Morgan fingerprint density at radius 1 is 1.03 bits per heavy atom. The van der Waals surface area contributed by atoms with Crippen molar-refractivity contribution in [3.05, 3.63) is 60.0 Å². The number of hydrogen-bond acceptors (Lipinski definition) is 7. The molecular formula is C21H22N4O4S. The van der Waals surface area contributed by atoms with Crippen LogP contribution in [0, 0.1) is 6.92 Å². The van der Waals surface area contributed by atoms with Crippen molar-refractivity contribution in [2.75, 3.05) is 31.1 Å². The van der Waals surface area contributed by atoms with E-state index in [-0.39, 0.29) is 10.7 Å². The average molecular weight is 426 g/mol. The molecule has 3 aromatic rings. The highest BCUT2D eigenvalue weighted by Gasteiger charge is 2.29. The van der Waals surface area contributed by atoms with E-state index in [9.17, 15) is 13.2 Å². The molecule has 0 bridgehead atoms. The fourth-order valence-corrected chi connectivity index (χ4v) is 4.92. The van der Waals surface area contributed by atoms with Gasteiger partial charge in [-0.2, -0.15) is 9.29 Å². The van der Waals surface area contributed by atoms with Gasteiger partial charge in [0.1, 0.15) is 0 Å². The first kappa shape index (κ1) is 20.2. The summed E-state index contributed by atoms with van der Waals surface area (Å²) < 4.78 is 32.8. The Morgan fingerprint density at radius 3 is 2.33 bits per heavy atom. The summed E-state index contributed by atoms with van der Waals surface area (Å²) in [5.74, 6) is 0.810. The molecule has 0 radical (unpaired) electrons. The summed E-state index contributed by atoms with van der Waals surface area (Å²) in [4.78, 5) is 17.9. The van der Waals surface area contributed by atoms with Gasteiger partial charge in [0.05, 0.1) is 4.90 Å².